The summed E-state index contributed by atoms with van der Waals surface area (Å²) in [6.07, 6.45) is 2.14. The standard InChI is InChI=1S/C14H20N2O/c1-14(7-9-17-10-8-14)11-16-13(15)12-5-3-2-4-6-12/h2-6H,7-11H2,1H3,(H2,15,16). The van der Waals surface area contributed by atoms with E-state index in [2.05, 4.69) is 11.9 Å². The summed E-state index contributed by atoms with van der Waals surface area (Å²) in [4.78, 5) is 4.53. The molecule has 1 saturated heterocycles. The first-order valence-corrected chi connectivity index (χ1v) is 6.13. The number of rotatable bonds is 3. The van der Waals surface area contributed by atoms with Crippen LogP contribution in [-0.2, 0) is 4.74 Å². The summed E-state index contributed by atoms with van der Waals surface area (Å²) in [5, 5.41) is 0. The van der Waals surface area contributed by atoms with Crippen LogP contribution in [-0.4, -0.2) is 25.6 Å². The Kier molecular flexibility index (Phi) is 3.79. The van der Waals surface area contributed by atoms with Gasteiger partial charge in [-0.3, -0.25) is 4.99 Å². The fraction of sp³-hybridized carbons (Fsp3) is 0.500. The van der Waals surface area contributed by atoms with Gasteiger partial charge in [0, 0.05) is 25.3 Å². The number of hydrogen-bond donors (Lipinski definition) is 1. The smallest absolute Gasteiger partial charge is 0.125 e. The molecule has 17 heavy (non-hydrogen) atoms. The number of ether oxygens (including phenoxy) is 1. The minimum absolute atomic E-state index is 0.248. The van der Waals surface area contributed by atoms with Crippen LogP contribution in [0.4, 0.5) is 0 Å². The molecule has 1 aliphatic rings. The van der Waals surface area contributed by atoms with Crippen LogP contribution in [0.1, 0.15) is 25.3 Å². The summed E-state index contributed by atoms with van der Waals surface area (Å²) in [5.41, 5.74) is 7.24. The third-order valence-electron chi connectivity index (χ3n) is 3.40. The van der Waals surface area contributed by atoms with Gasteiger partial charge in [-0.15, -0.1) is 0 Å². The summed E-state index contributed by atoms with van der Waals surface area (Å²) >= 11 is 0. The number of nitrogens with two attached hydrogens (primary N) is 1. The van der Waals surface area contributed by atoms with Gasteiger partial charge in [0.25, 0.3) is 0 Å². The average Bonchev–Trinajstić information content (AvgIpc) is 2.38. The highest BCUT2D eigenvalue weighted by Crippen LogP contribution is 2.29. The van der Waals surface area contributed by atoms with Crippen LogP contribution in [0, 0.1) is 5.41 Å². The molecule has 1 fully saturated rings. The van der Waals surface area contributed by atoms with Gasteiger partial charge in [0.05, 0.1) is 0 Å². The molecule has 2 rings (SSSR count). The lowest BCUT2D eigenvalue weighted by Gasteiger charge is -2.31. The number of benzene rings is 1. The van der Waals surface area contributed by atoms with Gasteiger partial charge in [-0.2, -0.15) is 0 Å². The number of hydrogen-bond acceptors (Lipinski definition) is 2. The normalized spacial score (nSPS) is 20.2. The Labute approximate surface area is 103 Å². The largest absolute Gasteiger partial charge is 0.384 e. The van der Waals surface area contributed by atoms with Gasteiger partial charge in [-0.05, 0) is 18.3 Å². The second-order valence-electron chi connectivity index (χ2n) is 4.99. The molecule has 0 aliphatic carbocycles. The van der Waals surface area contributed by atoms with Crippen LogP contribution >= 0.6 is 0 Å². The second kappa shape index (κ2) is 5.32. The van der Waals surface area contributed by atoms with E-state index in [0.717, 1.165) is 38.2 Å². The molecule has 3 heteroatoms. The molecule has 0 radical (unpaired) electrons. The van der Waals surface area contributed by atoms with Crippen LogP contribution in [0.3, 0.4) is 0 Å². The van der Waals surface area contributed by atoms with E-state index in [-0.39, 0.29) is 5.41 Å². The van der Waals surface area contributed by atoms with Crippen LogP contribution in [0.2, 0.25) is 0 Å². The Morgan fingerprint density at radius 2 is 1.94 bits per heavy atom. The van der Waals surface area contributed by atoms with Gasteiger partial charge in [0.1, 0.15) is 5.84 Å². The quantitative estimate of drug-likeness (QED) is 0.641. The maximum Gasteiger partial charge on any atom is 0.125 e. The Morgan fingerprint density at radius 1 is 1.29 bits per heavy atom. The van der Waals surface area contributed by atoms with Gasteiger partial charge in [-0.1, -0.05) is 37.3 Å². The van der Waals surface area contributed by atoms with E-state index in [1.807, 2.05) is 30.3 Å². The van der Waals surface area contributed by atoms with Crippen molar-refractivity contribution in [1.82, 2.24) is 0 Å². The van der Waals surface area contributed by atoms with Crippen molar-refractivity contribution in [2.24, 2.45) is 16.1 Å². The van der Waals surface area contributed by atoms with Gasteiger partial charge < -0.3 is 10.5 Å². The number of aliphatic imine (C=N–C) groups is 1. The zero-order valence-electron chi connectivity index (χ0n) is 10.4. The van der Waals surface area contributed by atoms with Crippen molar-refractivity contribution in [1.29, 1.82) is 0 Å². The first-order chi connectivity index (χ1) is 8.20. The van der Waals surface area contributed by atoms with Crippen LogP contribution in [0.15, 0.2) is 35.3 Å². The molecule has 0 amide bonds. The predicted molar refractivity (Wildman–Crippen MR) is 70.2 cm³/mol. The first kappa shape index (κ1) is 12.1. The third-order valence-corrected chi connectivity index (χ3v) is 3.40. The zero-order valence-corrected chi connectivity index (χ0v) is 10.4. The van der Waals surface area contributed by atoms with E-state index in [9.17, 15) is 0 Å². The molecule has 3 nitrogen and oxygen atoms in total. The molecule has 0 unspecified atom stereocenters. The minimum Gasteiger partial charge on any atom is -0.384 e. The summed E-state index contributed by atoms with van der Waals surface area (Å²) in [6.45, 7) is 4.74. The Bertz CT molecular complexity index is 380. The minimum atomic E-state index is 0.248. The summed E-state index contributed by atoms with van der Waals surface area (Å²) < 4.78 is 5.38. The summed E-state index contributed by atoms with van der Waals surface area (Å²) in [5.74, 6) is 0.637. The van der Waals surface area contributed by atoms with Crippen molar-refractivity contribution in [2.75, 3.05) is 19.8 Å². The molecule has 1 heterocycles. The molecule has 0 spiro atoms. The summed E-state index contributed by atoms with van der Waals surface area (Å²) in [7, 11) is 0. The molecule has 1 aliphatic heterocycles. The van der Waals surface area contributed by atoms with E-state index in [4.69, 9.17) is 10.5 Å². The number of amidine groups is 1. The van der Waals surface area contributed by atoms with E-state index in [1.54, 1.807) is 0 Å². The first-order valence-electron chi connectivity index (χ1n) is 6.13. The van der Waals surface area contributed by atoms with Crippen molar-refractivity contribution in [3.63, 3.8) is 0 Å². The van der Waals surface area contributed by atoms with E-state index in [1.165, 1.54) is 0 Å². The fourth-order valence-electron chi connectivity index (χ4n) is 2.00. The van der Waals surface area contributed by atoms with Crippen molar-refractivity contribution in [3.05, 3.63) is 35.9 Å². The van der Waals surface area contributed by atoms with Crippen molar-refractivity contribution in [2.45, 2.75) is 19.8 Å². The molecule has 0 aromatic heterocycles. The SMILES string of the molecule is CC1(CN=C(N)c2ccccc2)CCOCC1. The maximum absolute atomic E-state index is 5.99. The molecule has 1 aromatic carbocycles. The van der Waals surface area contributed by atoms with Gasteiger partial charge >= 0.3 is 0 Å². The Hall–Kier alpha value is -1.35. The molecule has 2 N–H and O–H groups in total. The van der Waals surface area contributed by atoms with Crippen molar-refractivity contribution < 1.29 is 4.74 Å². The van der Waals surface area contributed by atoms with Crippen LogP contribution in [0.5, 0.6) is 0 Å². The molecular formula is C14H20N2O. The average molecular weight is 232 g/mol. The number of nitrogens with zero attached hydrogens (tertiary/aromatic N) is 1. The Morgan fingerprint density at radius 3 is 2.59 bits per heavy atom. The lowest BCUT2D eigenvalue weighted by atomic mass is 9.82. The van der Waals surface area contributed by atoms with Crippen molar-refractivity contribution in [3.8, 4) is 0 Å². The molecule has 1 aromatic rings. The van der Waals surface area contributed by atoms with Crippen molar-refractivity contribution >= 4 is 5.84 Å². The van der Waals surface area contributed by atoms with E-state index < -0.39 is 0 Å². The monoisotopic (exact) mass is 232 g/mol. The topological polar surface area (TPSA) is 47.6 Å². The van der Waals surface area contributed by atoms with E-state index in [0.29, 0.717) is 5.84 Å². The van der Waals surface area contributed by atoms with Gasteiger partial charge in [0.15, 0.2) is 0 Å². The van der Waals surface area contributed by atoms with Gasteiger partial charge in [0.2, 0.25) is 0 Å². The third kappa shape index (κ3) is 3.30. The van der Waals surface area contributed by atoms with E-state index >= 15 is 0 Å². The second-order valence-corrected chi connectivity index (χ2v) is 4.99. The molecule has 0 saturated carbocycles. The van der Waals surface area contributed by atoms with Crippen LogP contribution < -0.4 is 5.73 Å². The molecule has 0 atom stereocenters. The van der Waals surface area contributed by atoms with Crippen LogP contribution in [0.25, 0.3) is 0 Å². The lowest BCUT2D eigenvalue weighted by Crippen LogP contribution is -2.30. The summed E-state index contributed by atoms with van der Waals surface area (Å²) in [6, 6.07) is 9.93. The maximum atomic E-state index is 5.99. The fourth-order valence-corrected chi connectivity index (χ4v) is 2.00. The lowest BCUT2D eigenvalue weighted by molar-refractivity contribution is 0.0283. The molecular weight excluding hydrogens is 212 g/mol. The molecule has 0 bridgehead atoms. The zero-order chi connectivity index (χ0) is 12.1. The predicted octanol–water partition coefficient (Wildman–Crippen LogP) is 2.21. The van der Waals surface area contributed by atoms with Gasteiger partial charge in [-0.25, -0.2) is 0 Å². The highest BCUT2D eigenvalue weighted by molar-refractivity contribution is 5.97. The highest BCUT2D eigenvalue weighted by atomic mass is 16.5. The molecule has 92 valence electrons. The highest BCUT2D eigenvalue weighted by Gasteiger charge is 2.26. The Balaban J connectivity index is 2.00.